The number of carbonyl (C=O) groups excluding carboxylic acids is 1. The molecule has 0 aliphatic heterocycles. The Balaban J connectivity index is 1.93. The Morgan fingerprint density at radius 2 is 1.87 bits per heavy atom. The van der Waals surface area contributed by atoms with Gasteiger partial charge < -0.3 is 14.8 Å². The Hall–Kier alpha value is -2.38. The Labute approximate surface area is 143 Å². The molecule has 116 valence electrons. The van der Waals surface area contributed by atoms with Crippen LogP contribution in [0.2, 0.25) is 0 Å². The zero-order chi connectivity index (χ0) is 16.4. The van der Waals surface area contributed by atoms with Crippen LogP contribution in [0.3, 0.4) is 0 Å². The van der Waals surface area contributed by atoms with Crippen LogP contribution in [0.25, 0.3) is 10.4 Å². The highest BCUT2D eigenvalue weighted by molar-refractivity contribution is 9.10. The van der Waals surface area contributed by atoms with Crippen LogP contribution < -0.4 is 5.32 Å². The molecule has 0 aliphatic rings. The Kier molecular flexibility index (Phi) is 4.31. The van der Waals surface area contributed by atoms with Gasteiger partial charge in [0, 0.05) is 4.88 Å². The first kappa shape index (κ1) is 15.5. The van der Waals surface area contributed by atoms with Gasteiger partial charge in [-0.05, 0) is 39.7 Å². The van der Waals surface area contributed by atoms with Crippen molar-refractivity contribution in [3.63, 3.8) is 0 Å². The van der Waals surface area contributed by atoms with Gasteiger partial charge in [0.05, 0.1) is 5.69 Å². The molecule has 1 amide bonds. The normalized spacial score (nSPS) is 10.5. The quantitative estimate of drug-likeness (QED) is 0.673. The maximum Gasteiger partial charge on any atom is 0.348 e. The van der Waals surface area contributed by atoms with Crippen molar-refractivity contribution in [3.8, 4) is 10.4 Å². The molecule has 23 heavy (non-hydrogen) atoms. The number of benzene rings is 1. The second-order valence-corrected chi connectivity index (χ2v) is 6.42. The minimum absolute atomic E-state index is 0.0721. The molecular weight excluding hydrogens is 382 g/mol. The molecule has 0 spiro atoms. The number of amides is 1. The van der Waals surface area contributed by atoms with Crippen LogP contribution in [-0.4, -0.2) is 17.0 Å². The summed E-state index contributed by atoms with van der Waals surface area (Å²) < 4.78 is 5.60. The van der Waals surface area contributed by atoms with E-state index in [9.17, 15) is 14.7 Å². The molecule has 2 N–H and O–H groups in total. The first-order valence-electron chi connectivity index (χ1n) is 6.54. The topological polar surface area (TPSA) is 79.5 Å². The SMILES string of the molecule is O=C(Nc1cc(-c2ccccc2)sc1C(=O)O)c1ccc(Br)o1. The van der Waals surface area contributed by atoms with Crippen LogP contribution in [-0.2, 0) is 0 Å². The Morgan fingerprint density at radius 1 is 1.13 bits per heavy atom. The van der Waals surface area contributed by atoms with E-state index in [1.165, 1.54) is 6.07 Å². The summed E-state index contributed by atoms with van der Waals surface area (Å²) >= 11 is 4.23. The molecule has 7 heteroatoms. The van der Waals surface area contributed by atoms with Crippen LogP contribution in [0.1, 0.15) is 20.2 Å². The second kappa shape index (κ2) is 6.39. The van der Waals surface area contributed by atoms with E-state index in [-0.39, 0.29) is 16.3 Å². The molecule has 1 aromatic carbocycles. The number of furan rings is 1. The number of carbonyl (C=O) groups is 2. The average Bonchev–Trinajstić information content (AvgIpc) is 3.15. The molecule has 5 nitrogen and oxygen atoms in total. The van der Waals surface area contributed by atoms with Crippen LogP contribution in [0.15, 0.2) is 57.6 Å². The van der Waals surface area contributed by atoms with Gasteiger partial charge in [-0.25, -0.2) is 4.79 Å². The monoisotopic (exact) mass is 391 g/mol. The van der Waals surface area contributed by atoms with Crippen molar-refractivity contribution < 1.29 is 19.1 Å². The van der Waals surface area contributed by atoms with E-state index in [2.05, 4.69) is 21.2 Å². The Morgan fingerprint density at radius 3 is 2.48 bits per heavy atom. The van der Waals surface area contributed by atoms with Crippen molar-refractivity contribution in [2.75, 3.05) is 5.32 Å². The smallest absolute Gasteiger partial charge is 0.348 e. The molecule has 0 unspecified atom stereocenters. The lowest BCUT2D eigenvalue weighted by Crippen LogP contribution is -2.12. The summed E-state index contributed by atoms with van der Waals surface area (Å²) in [6.45, 7) is 0. The minimum Gasteiger partial charge on any atom is -0.477 e. The van der Waals surface area contributed by atoms with Gasteiger partial charge in [-0.2, -0.15) is 0 Å². The van der Waals surface area contributed by atoms with Gasteiger partial charge in [0.1, 0.15) is 4.88 Å². The average molecular weight is 392 g/mol. The van der Waals surface area contributed by atoms with Crippen molar-refractivity contribution in [1.29, 1.82) is 0 Å². The number of hydrogen-bond acceptors (Lipinski definition) is 4. The zero-order valence-electron chi connectivity index (χ0n) is 11.6. The van der Waals surface area contributed by atoms with Gasteiger partial charge in [0.2, 0.25) is 0 Å². The molecule has 0 saturated heterocycles. The molecule has 0 bridgehead atoms. The van der Waals surface area contributed by atoms with Crippen LogP contribution in [0.4, 0.5) is 5.69 Å². The number of aromatic carboxylic acids is 1. The lowest BCUT2D eigenvalue weighted by molar-refractivity contribution is 0.0703. The highest BCUT2D eigenvalue weighted by Crippen LogP contribution is 2.35. The summed E-state index contributed by atoms with van der Waals surface area (Å²) in [7, 11) is 0. The van der Waals surface area contributed by atoms with E-state index in [4.69, 9.17) is 4.42 Å². The summed E-state index contributed by atoms with van der Waals surface area (Å²) in [6, 6.07) is 14.1. The van der Waals surface area contributed by atoms with Gasteiger partial charge in [-0.3, -0.25) is 4.79 Å². The zero-order valence-corrected chi connectivity index (χ0v) is 14.0. The molecule has 2 aromatic heterocycles. The highest BCUT2D eigenvalue weighted by Gasteiger charge is 2.20. The number of carboxylic acids is 1. The van der Waals surface area contributed by atoms with Gasteiger partial charge in [0.15, 0.2) is 10.4 Å². The van der Waals surface area contributed by atoms with Crippen LogP contribution in [0.5, 0.6) is 0 Å². The summed E-state index contributed by atoms with van der Waals surface area (Å²) in [5.41, 5.74) is 1.14. The third kappa shape index (κ3) is 3.35. The van der Waals surface area contributed by atoms with Crippen LogP contribution in [0, 0.1) is 0 Å². The number of hydrogen-bond donors (Lipinski definition) is 2. The van der Waals surface area contributed by atoms with Gasteiger partial charge in [-0.1, -0.05) is 30.3 Å². The largest absolute Gasteiger partial charge is 0.477 e. The Bertz CT molecular complexity index is 869. The first-order valence-corrected chi connectivity index (χ1v) is 8.15. The van der Waals surface area contributed by atoms with E-state index in [0.29, 0.717) is 4.67 Å². The predicted octanol–water partition coefficient (Wildman–Crippen LogP) is 4.72. The maximum absolute atomic E-state index is 12.1. The molecule has 3 aromatic rings. The number of rotatable bonds is 4. The van der Waals surface area contributed by atoms with E-state index >= 15 is 0 Å². The first-order chi connectivity index (χ1) is 11.0. The third-order valence-corrected chi connectivity index (χ3v) is 4.63. The lowest BCUT2D eigenvalue weighted by Gasteiger charge is -2.01. The number of nitrogens with one attached hydrogen (secondary N) is 1. The fourth-order valence-electron chi connectivity index (χ4n) is 2.01. The van der Waals surface area contributed by atoms with E-state index < -0.39 is 11.9 Å². The van der Waals surface area contributed by atoms with Crippen molar-refractivity contribution in [2.45, 2.75) is 0 Å². The molecule has 0 radical (unpaired) electrons. The molecule has 0 saturated carbocycles. The number of thiophene rings is 1. The molecule has 0 aliphatic carbocycles. The summed E-state index contributed by atoms with van der Waals surface area (Å²) in [4.78, 5) is 24.4. The van der Waals surface area contributed by atoms with E-state index in [1.54, 1.807) is 12.1 Å². The van der Waals surface area contributed by atoms with Crippen molar-refractivity contribution >= 4 is 44.8 Å². The van der Waals surface area contributed by atoms with Gasteiger partial charge in [-0.15, -0.1) is 11.3 Å². The number of anilines is 1. The minimum atomic E-state index is -1.09. The summed E-state index contributed by atoms with van der Waals surface area (Å²) in [5.74, 6) is -1.50. The fourth-order valence-corrected chi connectivity index (χ4v) is 3.27. The van der Waals surface area contributed by atoms with E-state index in [1.807, 2.05) is 30.3 Å². The second-order valence-electron chi connectivity index (χ2n) is 4.58. The van der Waals surface area contributed by atoms with Crippen molar-refractivity contribution in [1.82, 2.24) is 0 Å². The lowest BCUT2D eigenvalue weighted by atomic mass is 10.2. The fraction of sp³-hybridized carbons (Fsp3) is 0. The van der Waals surface area contributed by atoms with Gasteiger partial charge in [0.25, 0.3) is 5.91 Å². The molecule has 0 fully saturated rings. The molecular formula is C16H10BrNO4S. The molecule has 3 rings (SSSR count). The van der Waals surface area contributed by atoms with E-state index in [0.717, 1.165) is 21.8 Å². The molecule has 0 atom stereocenters. The standard InChI is InChI=1S/C16H10BrNO4S/c17-13-7-6-11(22-13)15(19)18-10-8-12(23-14(10)16(20)21)9-4-2-1-3-5-9/h1-8H,(H,18,19)(H,20,21). The van der Waals surface area contributed by atoms with Crippen molar-refractivity contribution in [3.05, 3.63) is 63.8 Å². The van der Waals surface area contributed by atoms with Crippen LogP contribution >= 0.6 is 27.3 Å². The number of carboxylic acid groups (broad SMARTS) is 1. The highest BCUT2D eigenvalue weighted by atomic mass is 79.9. The number of halogens is 1. The summed E-state index contributed by atoms with van der Waals surface area (Å²) in [5, 5.41) is 11.9. The molecule has 2 heterocycles. The predicted molar refractivity (Wildman–Crippen MR) is 91.1 cm³/mol. The maximum atomic E-state index is 12.1. The van der Waals surface area contributed by atoms with Gasteiger partial charge >= 0.3 is 5.97 Å². The van der Waals surface area contributed by atoms with Crippen molar-refractivity contribution in [2.24, 2.45) is 0 Å². The third-order valence-electron chi connectivity index (χ3n) is 3.03. The summed E-state index contributed by atoms with van der Waals surface area (Å²) in [6.07, 6.45) is 0.